The smallest absolute Gasteiger partial charge is 0.246 e. The van der Waals surface area contributed by atoms with Gasteiger partial charge in [-0.1, -0.05) is 12.6 Å². The number of carbonyl (C=O) groups is 1. The molecule has 2 aromatic heterocycles. The number of hydrogen-bond donors (Lipinski definition) is 1. The average Bonchev–Trinajstić information content (AvgIpc) is 3.24. The summed E-state index contributed by atoms with van der Waals surface area (Å²) in [5.41, 5.74) is 5.48. The van der Waals surface area contributed by atoms with Crippen LogP contribution in [0.5, 0.6) is 5.75 Å². The van der Waals surface area contributed by atoms with Crippen LogP contribution in [0.3, 0.4) is 0 Å². The number of anilines is 2. The maximum absolute atomic E-state index is 11.8. The molecular weight excluding hydrogens is 452 g/mol. The number of ether oxygens (including phenoxy) is 1. The molecule has 1 atom stereocenters. The van der Waals surface area contributed by atoms with Gasteiger partial charge in [-0.15, -0.1) is 0 Å². The normalized spacial score (nSPS) is 20.4. The van der Waals surface area contributed by atoms with E-state index in [0.717, 1.165) is 73.0 Å². The maximum Gasteiger partial charge on any atom is 0.246 e. The second kappa shape index (κ2) is 9.09. The minimum atomic E-state index is -0.151. The van der Waals surface area contributed by atoms with Crippen molar-refractivity contribution in [3.63, 3.8) is 0 Å². The van der Waals surface area contributed by atoms with Crippen LogP contribution in [-0.4, -0.2) is 62.7 Å². The van der Waals surface area contributed by atoms with E-state index in [1.807, 2.05) is 41.3 Å². The summed E-state index contributed by atoms with van der Waals surface area (Å²) in [7, 11) is 1.92. The van der Waals surface area contributed by atoms with Crippen LogP contribution in [0.25, 0.3) is 11.1 Å². The maximum atomic E-state index is 11.8. The summed E-state index contributed by atoms with van der Waals surface area (Å²) >= 11 is 0. The van der Waals surface area contributed by atoms with Crippen molar-refractivity contribution in [1.29, 1.82) is 0 Å². The number of nitrogens with one attached hydrogen (secondary N) is 1. The van der Waals surface area contributed by atoms with Crippen molar-refractivity contribution in [3.05, 3.63) is 66.6 Å². The first-order valence-corrected chi connectivity index (χ1v) is 12.7. The first-order chi connectivity index (χ1) is 17.5. The first kappa shape index (κ1) is 22.8. The molecule has 2 fully saturated rings. The van der Waals surface area contributed by atoms with Crippen molar-refractivity contribution in [2.45, 2.75) is 37.8 Å². The van der Waals surface area contributed by atoms with Crippen molar-refractivity contribution < 1.29 is 9.53 Å². The highest BCUT2D eigenvalue weighted by Gasteiger charge is 2.36. The van der Waals surface area contributed by atoms with Crippen molar-refractivity contribution in [3.8, 4) is 16.9 Å². The lowest BCUT2D eigenvalue weighted by molar-refractivity contribution is -0.133. The second-order valence-corrected chi connectivity index (χ2v) is 10.1. The zero-order valence-electron chi connectivity index (χ0n) is 20.9. The van der Waals surface area contributed by atoms with Crippen molar-refractivity contribution in [2.24, 2.45) is 7.05 Å². The number of hydrogen-bond acceptors (Lipinski definition) is 6. The van der Waals surface area contributed by atoms with E-state index in [9.17, 15) is 4.79 Å². The Morgan fingerprint density at radius 2 is 2.03 bits per heavy atom. The molecule has 1 aromatic carbocycles. The third-order valence-corrected chi connectivity index (χ3v) is 7.84. The number of fused-ring (bicyclic) bond motifs is 2. The van der Waals surface area contributed by atoms with Gasteiger partial charge in [0.15, 0.2) is 0 Å². The van der Waals surface area contributed by atoms with Crippen LogP contribution in [0, 0.1) is 0 Å². The molecule has 186 valence electrons. The average molecular weight is 485 g/mol. The van der Waals surface area contributed by atoms with Gasteiger partial charge in [0.05, 0.1) is 11.9 Å². The third kappa shape index (κ3) is 4.05. The van der Waals surface area contributed by atoms with Crippen LogP contribution in [0.15, 0.2) is 55.5 Å². The fourth-order valence-electron chi connectivity index (χ4n) is 5.77. The van der Waals surface area contributed by atoms with Gasteiger partial charge in [0.1, 0.15) is 17.7 Å². The molecule has 3 aliphatic heterocycles. The Balaban J connectivity index is 1.18. The van der Waals surface area contributed by atoms with Gasteiger partial charge in [0.2, 0.25) is 5.91 Å². The molecule has 2 saturated heterocycles. The zero-order chi connectivity index (χ0) is 24.8. The Morgan fingerprint density at radius 1 is 1.22 bits per heavy atom. The number of likely N-dealkylation sites (tertiary alicyclic amines) is 2. The zero-order valence-corrected chi connectivity index (χ0v) is 20.9. The summed E-state index contributed by atoms with van der Waals surface area (Å²) in [6.45, 7) is 9.42. The number of nitrogens with zero attached hydrogens (tertiary/aromatic N) is 5. The van der Waals surface area contributed by atoms with Crippen LogP contribution < -0.4 is 10.1 Å². The fourth-order valence-corrected chi connectivity index (χ4v) is 5.77. The Hall–Kier alpha value is -3.65. The van der Waals surface area contributed by atoms with Gasteiger partial charge in [-0.25, -0.2) is 4.98 Å². The Labute approximate surface area is 211 Å². The summed E-state index contributed by atoms with van der Waals surface area (Å²) in [4.78, 5) is 20.8. The van der Waals surface area contributed by atoms with Gasteiger partial charge < -0.3 is 15.0 Å². The minimum Gasteiger partial charge on any atom is -0.484 e. The molecule has 0 radical (unpaired) electrons. The molecule has 36 heavy (non-hydrogen) atoms. The summed E-state index contributed by atoms with van der Waals surface area (Å²) < 4.78 is 8.24. The number of aromatic nitrogens is 3. The largest absolute Gasteiger partial charge is 0.484 e. The summed E-state index contributed by atoms with van der Waals surface area (Å²) in [6.07, 6.45) is 9.22. The molecular formula is C28H32N6O2. The Bertz CT molecular complexity index is 1300. The topological polar surface area (TPSA) is 75.5 Å². The highest BCUT2D eigenvalue weighted by molar-refractivity contribution is 5.87. The van der Waals surface area contributed by atoms with Crippen LogP contribution in [0.2, 0.25) is 0 Å². The highest BCUT2D eigenvalue weighted by Crippen LogP contribution is 2.43. The Morgan fingerprint density at radius 3 is 2.75 bits per heavy atom. The molecule has 5 heterocycles. The van der Waals surface area contributed by atoms with Crippen molar-refractivity contribution >= 4 is 17.4 Å². The molecule has 3 aromatic rings. The molecule has 8 nitrogen and oxygen atoms in total. The number of piperidine rings is 1. The van der Waals surface area contributed by atoms with Gasteiger partial charge in [-0.05, 0) is 74.2 Å². The van der Waals surface area contributed by atoms with E-state index in [4.69, 9.17) is 4.74 Å². The molecule has 1 N–H and O–H groups in total. The molecule has 0 saturated carbocycles. The van der Waals surface area contributed by atoms with Crippen molar-refractivity contribution in [2.75, 3.05) is 31.5 Å². The SMILES string of the molecule is C=CC(=O)N1CC(N2CCC(c3ccc4c(c3)Nc3nccc(-c5cnn(C)c5)c3[C@@H](C)O4)CC2)C1. The number of rotatable bonds is 4. The summed E-state index contributed by atoms with van der Waals surface area (Å²) in [5.74, 6) is 2.23. The molecule has 0 aliphatic carbocycles. The number of benzene rings is 1. The van der Waals surface area contributed by atoms with Gasteiger partial charge >= 0.3 is 0 Å². The molecule has 8 heteroatoms. The molecule has 0 unspecified atom stereocenters. The van der Waals surface area contributed by atoms with Gasteiger partial charge in [-0.3, -0.25) is 14.4 Å². The third-order valence-electron chi connectivity index (χ3n) is 7.84. The monoisotopic (exact) mass is 484 g/mol. The highest BCUT2D eigenvalue weighted by atomic mass is 16.5. The predicted molar refractivity (Wildman–Crippen MR) is 139 cm³/mol. The molecule has 3 aliphatic rings. The number of pyridine rings is 1. The van der Waals surface area contributed by atoms with E-state index in [0.29, 0.717) is 12.0 Å². The van der Waals surface area contributed by atoms with E-state index in [2.05, 4.69) is 52.0 Å². The van der Waals surface area contributed by atoms with E-state index in [1.54, 1.807) is 0 Å². The number of aryl methyl sites for hydroxylation is 1. The summed E-state index contributed by atoms with van der Waals surface area (Å²) in [5, 5.41) is 7.92. The number of amides is 1. The minimum absolute atomic E-state index is 0.0405. The van der Waals surface area contributed by atoms with E-state index in [-0.39, 0.29) is 12.0 Å². The lowest BCUT2D eigenvalue weighted by atomic mass is 9.88. The van der Waals surface area contributed by atoms with Crippen LogP contribution >= 0.6 is 0 Å². The molecule has 0 bridgehead atoms. The summed E-state index contributed by atoms with van der Waals surface area (Å²) in [6, 6.07) is 9.06. The van der Waals surface area contributed by atoms with E-state index >= 15 is 0 Å². The van der Waals surface area contributed by atoms with Gasteiger partial charge in [0, 0.05) is 49.7 Å². The number of carbonyl (C=O) groups excluding carboxylic acids is 1. The van der Waals surface area contributed by atoms with Gasteiger partial charge in [0.25, 0.3) is 0 Å². The van der Waals surface area contributed by atoms with E-state index < -0.39 is 0 Å². The molecule has 6 rings (SSSR count). The molecule has 0 spiro atoms. The van der Waals surface area contributed by atoms with Crippen LogP contribution in [-0.2, 0) is 11.8 Å². The van der Waals surface area contributed by atoms with E-state index in [1.165, 1.54) is 11.6 Å². The fraction of sp³-hybridized carbons (Fsp3) is 0.393. The lowest BCUT2D eigenvalue weighted by Gasteiger charge is -2.47. The Kier molecular flexibility index (Phi) is 5.76. The van der Waals surface area contributed by atoms with Crippen LogP contribution in [0.1, 0.15) is 42.9 Å². The van der Waals surface area contributed by atoms with Gasteiger partial charge in [-0.2, -0.15) is 5.10 Å². The quantitative estimate of drug-likeness (QED) is 0.558. The standard InChI is InChI=1S/C28H32N6O2/c1-4-26(35)34-16-22(17-34)33-11-8-19(9-12-33)20-5-6-25-24(13-20)31-28-27(18(2)36-25)23(7-10-29-28)21-14-30-32(3)15-21/h4-7,10,13-15,18-19,22H,1,8-9,11-12,16-17H2,2-3H3,(H,29,31)/t18-/m1/s1. The predicted octanol–water partition coefficient (Wildman–Crippen LogP) is 4.26. The lowest BCUT2D eigenvalue weighted by Crippen LogP contribution is -2.61. The van der Waals surface area contributed by atoms with Crippen molar-refractivity contribution in [1.82, 2.24) is 24.6 Å². The molecule has 1 amide bonds. The second-order valence-electron chi connectivity index (χ2n) is 10.1. The van der Waals surface area contributed by atoms with Crippen LogP contribution in [0.4, 0.5) is 11.5 Å². The first-order valence-electron chi connectivity index (χ1n) is 12.7.